The zero-order chi connectivity index (χ0) is 20.2. The van der Waals surface area contributed by atoms with Crippen molar-refractivity contribution >= 4 is 15.9 Å². The van der Waals surface area contributed by atoms with Crippen molar-refractivity contribution in [2.24, 2.45) is 0 Å². The molecule has 0 saturated heterocycles. The molecule has 8 heteroatoms. The molecule has 7 nitrogen and oxygen atoms in total. The zero-order valence-electron chi connectivity index (χ0n) is 15.6. The Labute approximate surface area is 159 Å². The molecule has 0 spiro atoms. The molecular formula is C19H21N3O4S. The van der Waals surface area contributed by atoms with Gasteiger partial charge in [-0.1, -0.05) is 18.2 Å². The molecule has 2 aromatic carbocycles. The second-order valence-corrected chi connectivity index (χ2v) is 7.76. The van der Waals surface area contributed by atoms with Gasteiger partial charge in [-0.15, -0.1) is 4.83 Å². The first kappa shape index (κ1) is 20.4. The van der Waals surface area contributed by atoms with Crippen LogP contribution in [0.3, 0.4) is 0 Å². The van der Waals surface area contributed by atoms with Gasteiger partial charge in [0, 0.05) is 0 Å². The summed E-state index contributed by atoms with van der Waals surface area (Å²) in [6, 6.07) is 10.3. The number of nitriles is 1. The van der Waals surface area contributed by atoms with Crippen LogP contribution in [0.25, 0.3) is 0 Å². The van der Waals surface area contributed by atoms with E-state index in [0.717, 1.165) is 11.1 Å². The summed E-state index contributed by atoms with van der Waals surface area (Å²) in [6.07, 6.45) is 0. The van der Waals surface area contributed by atoms with Gasteiger partial charge in [0.1, 0.15) is 11.8 Å². The first-order valence-corrected chi connectivity index (χ1v) is 9.65. The fourth-order valence-corrected chi connectivity index (χ4v) is 4.10. The third-order valence-corrected chi connectivity index (χ3v) is 5.78. The van der Waals surface area contributed by atoms with Crippen LogP contribution in [-0.4, -0.2) is 20.9 Å². The molecule has 0 fully saturated rings. The first-order chi connectivity index (χ1) is 12.7. The third-order valence-electron chi connectivity index (χ3n) is 4.26. The van der Waals surface area contributed by atoms with Crippen LogP contribution in [0.1, 0.15) is 27.8 Å². The molecule has 0 radical (unpaired) electrons. The van der Waals surface area contributed by atoms with E-state index in [-0.39, 0.29) is 16.2 Å². The molecule has 0 atom stereocenters. The number of amides is 1. The number of sulfonamides is 1. The van der Waals surface area contributed by atoms with Crippen LogP contribution in [0, 0.1) is 39.0 Å². The Bertz CT molecular complexity index is 998. The van der Waals surface area contributed by atoms with Crippen molar-refractivity contribution in [3.63, 3.8) is 0 Å². The summed E-state index contributed by atoms with van der Waals surface area (Å²) in [4.78, 5) is 14.2. The van der Waals surface area contributed by atoms with Crippen molar-refractivity contribution in [1.29, 1.82) is 5.26 Å². The number of aryl methyl sites for hydroxylation is 2. The molecule has 1 amide bonds. The van der Waals surface area contributed by atoms with Crippen molar-refractivity contribution in [1.82, 2.24) is 10.3 Å². The fraction of sp³-hybridized carbons (Fsp3) is 0.263. The van der Waals surface area contributed by atoms with Crippen LogP contribution in [0.5, 0.6) is 5.75 Å². The number of rotatable bonds is 6. The van der Waals surface area contributed by atoms with Gasteiger partial charge in [-0.2, -0.15) is 5.26 Å². The highest BCUT2D eigenvalue weighted by atomic mass is 32.2. The Morgan fingerprint density at radius 2 is 1.70 bits per heavy atom. The number of nitrogens with zero attached hydrogens (tertiary/aromatic N) is 1. The number of hydrogen-bond donors (Lipinski definition) is 2. The maximum Gasteiger partial charge on any atom is 0.272 e. The summed E-state index contributed by atoms with van der Waals surface area (Å²) >= 11 is 0. The van der Waals surface area contributed by atoms with Crippen molar-refractivity contribution in [2.75, 3.05) is 6.61 Å². The molecular weight excluding hydrogens is 366 g/mol. The van der Waals surface area contributed by atoms with E-state index in [1.165, 1.54) is 0 Å². The van der Waals surface area contributed by atoms with Gasteiger partial charge in [-0.25, -0.2) is 8.42 Å². The maximum atomic E-state index is 12.6. The molecule has 0 aromatic heterocycles. The summed E-state index contributed by atoms with van der Waals surface area (Å²) in [7, 11) is -3.95. The number of carbonyl (C=O) groups is 1. The molecule has 0 aliphatic heterocycles. The van der Waals surface area contributed by atoms with Crippen LogP contribution in [-0.2, 0) is 14.8 Å². The molecule has 0 unspecified atom stereocenters. The van der Waals surface area contributed by atoms with E-state index in [2.05, 4.69) is 10.3 Å². The molecule has 142 valence electrons. The molecule has 0 saturated carbocycles. The topological polar surface area (TPSA) is 108 Å². The average molecular weight is 387 g/mol. The van der Waals surface area contributed by atoms with E-state index in [0.29, 0.717) is 11.1 Å². The predicted octanol–water partition coefficient (Wildman–Crippen LogP) is 2.18. The second-order valence-electron chi connectivity index (χ2n) is 6.14. The maximum absolute atomic E-state index is 12.6. The van der Waals surface area contributed by atoms with Gasteiger partial charge < -0.3 is 4.74 Å². The van der Waals surface area contributed by atoms with Gasteiger partial charge in [0.2, 0.25) is 0 Å². The molecule has 27 heavy (non-hydrogen) atoms. The van der Waals surface area contributed by atoms with Crippen LogP contribution in [0.2, 0.25) is 0 Å². The van der Waals surface area contributed by atoms with Gasteiger partial charge in [-0.05, 0) is 62.1 Å². The lowest BCUT2D eigenvalue weighted by Gasteiger charge is -2.16. The Balaban J connectivity index is 2.08. The highest BCUT2D eigenvalue weighted by Gasteiger charge is 2.22. The fourth-order valence-electron chi connectivity index (χ4n) is 2.62. The summed E-state index contributed by atoms with van der Waals surface area (Å²) in [5.74, 6) is -0.440. The smallest absolute Gasteiger partial charge is 0.272 e. The van der Waals surface area contributed by atoms with Gasteiger partial charge >= 0.3 is 0 Å². The van der Waals surface area contributed by atoms with E-state index in [1.54, 1.807) is 38.1 Å². The van der Waals surface area contributed by atoms with Gasteiger partial charge in [0.05, 0.1) is 10.5 Å². The number of para-hydroxylation sites is 1. The SMILES string of the molecule is Cc1cc(C)c(C)c(S(=O)(=O)NNC(=O)COc2ccccc2C#N)c1C. The quantitative estimate of drug-likeness (QED) is 0.739. The summed E-state index contributed by atoms with van der Waals surface area (Å²) in [5.41, 5.74) is 5.37. The monoisotopic (exact) mass is 387 g/mol. The van der Waals surface area contributed by atoms with E-state index < -0.39 is 22.5 Å². The lowest BCUT2D eigenvalue weighted by Crippen LogP contribution is -2.44. The Morgan fingerprint density at radius 1 is 1.11 bits per heavy atom. The van der Waals surface area contributed by atoms with E-state index in [4.69, 9.17) is 10.00 Å². The molecule has 2 N–H and O–H groups in total. The van der Waals surface area contributed by atoms with E-state index in [1.807, 2.05) is 26.0 Å². The third kappa shape index (κ3) is 4.64. The minimum atomic E-state index is -3.95. The molecule has 0 aliphatic carbocycles. The molecule has 2 aromatic rings. The zero-order valence-corrected chi connectivity index (χ0v) is 16.4. The van der Waals surface area contributed by atoms with Crippen LogP contribution in [0.15, 0.2) is 35.2 Å². The molecule has 0 aliphatic rings. The lowest BCUT2D eigenvalue weighted by molar-refractivity contribution is -0.123. The largest absolute Gasteiger partial charge is 0.482 e. The number of carbonyl (C=O) groups excluding carboxylic acids is 1. The second kappa shape index (κ2) is 8.20. The number of benzene rings is 2. The lowest BCUT2D eigenvalue weighted by atomic mass is 10.0. The number of hydrazine groups is 1. The Hall–Kier alpha value is -2.89. The number of nitrogens with one attached hydrogen (secondary N) is 2. The highest BCUT2D eigenvalue weighted by Crippen LogP contribution is 2.25. The highest BCUT2D eigenvalue weighted by molar-refractivity contribution is 7.89. The average Bonchev–Trinajstić information content (AvgIpc) is 2.63. The van der Waals surface area contributed by atoms with Crippen molar-refractivity contribution in [2.45, 2.75) is 32.6 Å². The van der Waals surface area contributed by atoms with Gasteiger partial charge in [0.25, 0.3) is 15.9 Å². The van der Waals surface area contributed by atoms with E-state index >= 15 is 0 Å². The summed E-state index contributed by atoms with van der Waals surface area (Å²) in [5, 5.41) is 8.99. The normalized spacial score (nSPS) is 10.9. The molecule has 0 heterocycles. The summed E-state index contributed by atoms with van der Waals surface area (Å²) in [6.45, 7) is 6.67. The minimum absolute atomic E-state index is 0.149. The summed E-state index contributed by atoms with van der Waals surface area (Å²) < 4.78 is 30.6. The molecule has 2 rings (SSSR count). The Kier molecular flexibility index (Phi) is 6.20. The van der Waals surface area contributed by atoms with Gasteiger partial charge in [-0.3, -0.25) is 10.2 Å². The number of hydrogen-bond acceptors (Lipinski definition) is 5. The van der Waals surface area contributed by atoms with Crippen molar-refractivity contribution in [3.8, 4) is 11.8 Å². The standard InChI is InChI=1S/C19H21N3O4S/c1-12-9-13(2)15(4)19(14(12)3)27(24,25)22-21-18(23)11-26-17-8-6-5-7-16(17)10-20/h5-9,22H,11H2,1-4H3,(H,21,23). The van der Waals surface area contributed by atoms with Crippen LogP contribution >= 0.6 is 0 Å². The van der Waals surface area contributed by atoms with Crippen molar-refractivity contribution < 1.29 is 17.9 Å². The van der Waals surface area contributed by atoms with Crippen molar-refractivity contribution in [3.05, 3.63) is 58.1 Å². The molecule has 0 bridgehead atoms. The van der Waals surface area contributed by atoms with Crippen LogP contribution < -0.4 is 15.0 Å². The Morgan fingerprint density at radius 3 is 2.30 bits per heavy atom. The van der Waals surface area contributed by atoms with Gasteiger partial charge in [0.15, 0.2) is 6.61 Å². The van der Waals surface area contributed by atoms with E-state index in [9.17, 15) is 13.2 Å². The predicted molar refractivity (Wildman–Crippen MR) is 101 cm³/mol. The first-order valence-electron chi connectivity index (χ1n) is 8.17. The number of ether oxygens (including phenoxy) is 1. The minimum Gasteiger partial charge on any atom is -0.482 e. The van der Waals surface area contributed by atoms with Crippen LogP contribution in [0.4, 0.5) is 0 Å².